The first kappa shape index (κ1) is 13.0. The molecule has 18 heavy (non-hydrogen) atoms. The Morgan fingerprint density at radius 3 is 2.78 bits per heavy atom. The van der Waals surface area contributed by atoms with Gasteiger partial charge in [-0.1, -0.05) is 19.3 Å². The highest BCUT2D eigenvalue weighted by molar-refractivity contribution is 5.71. The molecule has 0 radical (unpaired) electrons. The van der Waals surface area contributed by atoms with Crippen molar-refractivity contribution in [2.24, 2.45) is 5.92 Å². The molecule has 0 amide bonds. The van der Waals surface area contributed by atoms with Crippen molar-refractivity contribution in [2.75, 3.05) is 0 Å². The Kier molecular flexibility index (Phi) is 3.96. The van der Waals surface area contributed by atoms with Gasteiger partial charge < -0.3 is 14.8 Å². The molecule has 1 aliphatic rings. The number of aliphatic carboxylic acids is 1. The van der Waals surface area contributed by atoms with Gasteiger partial charge in [-0.2, -0.15) is 0 Å². The SMILES string of the molecule is Cc1nnc(CC2CCC2)n1CCC(O)C(=O)O. The summed E-state index contributed by atoms with van der Waals surface area (Å²) in [5, 5.41) is 26.1. The van der Waals surface area contributed by atoms with E-state index in [0.29, 0.717) is 12.5 Å². The number of carbonyl (C=O) groups is 1. The third kappa shape index (κ3) is 2.87. The number of carboxylic acids is 1. The highest BCUT2D eigenvalue weighted by Gasteiger charge is 2.22. The molecule has 1 unspecified atom stereocenters. The molecule has 0 saturated heterocycles. The molecule has 100 valence electrons. The lowest BCUT2D eigenvalue weighted by atomic mass is 9.83. The first-order chi connectivity index (χ1) is 8.58. The van der Waals surface area contributed by atoms with Crippen LogP contribution < -0.4 is 0 Å². The Balaban J connectivity index is 1.97. The van der Waals surface area contributed by atoms with E-state index >= 15 is 0 Å². The first-order valence-electron chi connectivity index (χ1n) is 6.37. The van der Waals surface area contributed by atoms with Gasteiger partial charge in [0.1, 0.15) is 11.6 Å². The summed E-state index contributed by atoms with van der Waals surface area (Å²) in [6.07, 6.45) is 3.54. The summed E-state index contributed by atoms with van der Waals surface area (Å²) < 4.78 is 1.92. The Labute approximate surface area is 106 Å². The predicted molar refractivity (Wildman–Crippen MR) is 64.1 cm³/mol. The number of nitrogens with zero attached hydrogens (tertiary/aromatic N) is 3. The lowest BCUT2D eigenvalue weighted by Gasteiger charge is -2.25. The van der Waals surface area contributed by atoms with Gasteiger partial charge in [-0.25, -0.2) is 4.79 Å². The Bertz CT molecular complexity index is 426. The largest absolute Gasteiger partial charge is 0.479 e. The lowest BCUT2D eigenvalue weighted by molar-refractivity contribution is -0.147. The predicted octanol–water partition coefficient (Wildman–Crippen LogP) is 0.765. The van der Waals surface area contributed by atoms with Crippen molar-refractivity contribution in [3.05, 3.63) is 11.6 Å². The summed E-state index contributed by atoms with van der Waals surface area (Å²) in [6, 6.07) is 0. The van der Waals surface area contributed by atoms with Crippen molar-refractivity contribution in [3.63, 3.8) is 0 Å². The number of hydrogen-bond acceptors (Lipinski definition) is 4. The van der Waals surface area contributed by atoms with Crippen LogP contribution in [0.5, 0.6) is 0 Å². The molecule has 0 aliphatic heterocycles. The van der Waals surface area contributed by atoms with E-state index in [1.54, 1.807) is 0 Å². The lowest BCUT2D eigenvalue weighted by Crippen LogP contribution is -2.23. The van der Waals surface area contributed by atoms with Crippen molar-refractivity contribution in [3.8, 4) is 0 Å². The quantitative estimate of drug-likeness (QED) is 0.781. The van der Waals surface area contributed by atoms with Crippen LogP contribution in [0.2, 0.25) is 0 Å². The molecule has 1 fully saturated rings. The fourth-order valence-corrected chi connectivity index (χ4v) is 2.20. The van der Waals surface area contributed by atoms with E-state index in [1.165, 1.54) is 19.3 Å². The third-order valence-electron chi connectivity index (χ3n) is 3.62. The number of aromatic nitrogens is 3. The summed E-state index contributed by atoms with van der Waals surface area (Å²) >= 11 is 0. The van der Waals surface area contributed by atoms with Gasteiger partial charge in [0, 0.05) is 19.4 Å². The van der Waals surface area contributed by atoms with E-state index in [1.807, 2.05) is 11.5 Å². The van der Waals surface area contributed by atoms with Crippen LogP contribution in [-0.2, 0) is 17.8 Å². The summed E-state index contributed by atoms with van der Waals surface area (Å²) in [7, 11) is 0. The zero-order chi connectivity index (χ0) is 13.1. The zero-order valence-corrected chi connectivity index (χ0v) is 10.5. The minimum absolute atomic E-state index is 0.186. The van der Waals surface area contributed by atoms with Gasteiger partial charge >= 0.3 is 5.97 Å². The number of rotatable bonds is 6. The molecule has 0 spiro atoms. The number of aliphatic hydroxyl groups is 1. The number of carboxylic acid groups (broad SMARTS) is 1. The van der Waals surface area contributed by atoms with E-state index in [2.05, 4.69) is 10.2 Å². The van der Waals surface area contributed by atoms with Crippen LogP contribution in [0, 0.1) is 12.8 Å². The molecule has 1 aromatic heterocycles. The second-order valence-electron chi connectivity index (χ2n) is 4.96. The Morgan fingerprint density at radius 1 is 1.50 bits per heavy atom. The highest BCUT2D eigenvalue weighted by Crippen LogP contribution is 2.29. The number of hydrogen-bond donors (Lipinski definition) is 2. The topological polar surface area (TPSA) is 88.2 Å². The molecule has 2 N–H and O–H groups in total. The smallest absolute Gasteiger partial charge is 0.332 e. The average Bonchev–Trinajstić information content (AvgIpc) is 2.61. The summed E-state index contributed by atoms with van der Waals surface area (Å²) in [6.45, 7) is 2.30. The van der Waals surface area contributed by atoms with Crippen LogP contribution in [0.15, 0.2) is 0 Å². The molecular formula is C12H19N3O3. The maximum atomic E-state index is 10.6. The first-order valence-corrected chi connectivity index (χ1v) is 6.37. The van der Waals surface area contributed by atoms with Gasteiger partial charge in [-0.05, 0) is 12.8 Å². The average molecular weight is 253 g/mol. The van der Waals surface area contributed by atoms with Crippen LogP contribution in [0.3, 0.4) is 0 Å². The Morgan fingerprint density at radius 2 is 2.22 bits per heavy atom. The van der Waals surface area contributed by atoms with Gasteiger partial charge in [0.2, 0.25) is 0 Å². The number of aryl methyl sites for hydroxylation is 1. The van der Waals surface area contributed by atoms with Gasteiger partial charge in [0.05, 0.1) is 0 Å². The fraction of sp³-hybridized carbons (Fsp3) is 0.750. The number of aliphatic hydroxyl groups excluding tert-OH is 1. The molecule has 2 rings (SSSR count). The van der Waals surface area contributed by atoms with Crippen LogP contribution in [-0.4, -0.2) is 37.1 Å². The Hall–Kier alpha value is -1.43. The molecule has 1 heterocycles. The minimum atomic E-state index is -1.32. The van der Waals surface area contributed by atoms with Crippen molar-refractivity contribution in [1.29, 1.82) is 0 Å². The third-order valence-corrected chi connectivity index (χ3v) is 3.62. The van der Waals surface area contributed by atoms with E-state index in [9.17, 15) is 9.90 Å². The van der Waals surface area contributed by atoms with E-state index in [4.69, 9.17) is 5.11 Å². The van der Waals surface area contributed by atoms with Crippen LogP contribution >= 0.6 is 0 Å². The maximum absolute atomic E-state index is 10.6. The zero-order valence-electron chi connectivity index (χ0n) is 10.5. The van der Waals surface area contributed by atoms with Crippen molar-refractivity contribution < 1.29 is 15.0 Å². The molecule has 0 aromatic carbocycles. The summed E-state index contributed by atoms with van der Waals surface area (Å²) in [4.78, 5) is 10.6. The van der Waals surface area contributed by atoms with Gasteiger partial charge in [0.25, 0.3) is 0 Å². The molecule has 6 heteroatoms. The molecular weight excluding hydrogens is 234 g/mol. The standard InChI is InChI=1S/C12H19N3O3/c1-8-13-14-11(7-9-3-2-4-9)15(8)6-5-10(16)12(17)18/h9-10,16H,2-7H2,1H3,(H,17,18). The minimum Gasteiger partial charge on any atom is -0.479 e. The van der Waals surface area contributed by atoms with Crippen LogP contribution in [0.4, 0.5) is 0 Å². The van der Waals surface area contributed by atoms with Gasteiger partial charge in [-0.3, -0.25) is 0 Å². The van der Waals surface area contributed by atoms with Gasteiger partial charge in [-0.15, -0.1) is 10.2 Å². The van der Waals surface area contributed by atoms with Crippen molar-refractivity contribution in [1.82, 2.24) is 14.8 Å². The van der Waals surface area contributed by atoms with Crippen LogP contribution in [0.25, 0.3) is 0 Å². The monoisotopic (exact) mass is 253 g/mol. The fourth-order valence-electron chi connectivity index (χ4n) is 2.20. The molecule has 1 atom stereocenters. The van der Waals surface area contributed by atoms with E-state index in [-0.39, 0.29) is 6.42 Å². The second kappa shape index (κ2) is 5.48. The van der Waals surface area contributed by atoms with Crippen molar-refractivity contribution in [2.45, 2.75) is 51.7 Å². The summed E-state index contributed by atoms with van der Waals surface area (Å²) in [5.41, 5.74) is 0. The maximum Gasteiger partial charge on any atom is 0.332 e. The second-order valence-corrected chi connectivity index (χ2v) is 4.96. The summed E-state index contributed by atoms with van der Waals surface area (Å²) in [5.74, 6) is 1.20. The molecule has 0 bridgehead atoms. The van der Waals surface area contributed by atoms with Gasteiger partial charge in [0.15, 0.2) is 6.10 Å². The molecule has 1 aliphatic carbocycles. The molecule has 1 saturated carbocycles. The normalized spacial score (nSPS) is 17.4. The molecule has 1 aromatic rings. The van der Waals surface area contributed by atoms with E-state index in [0.717, 1.165) is 18.1 Å². The van der Waals surface area contributed by atoms with Crippen molar-refractivity contribution >= 4 is 5.97 Å². The van der Waals surface area contributed by atoms with Crippen LogP contribution in [0.1, 0.15) is 37.3 Å². The molecule has 6 nitrogen and oxygen atoms in total. The highest BCUT2D eigenvalue weighted by atomic mass is 16.4. The van der Waals surface area contributed by atoms with E-state index < -0.39 is 12.1 Å².